The van der Waals surface area contributed by atoms with E-state index in [2.05, 4.69) is 0 Å². The van der Waals surface area contributed by atoms with Crippen molar-refractivity contribution in [2.24, 2.45) is 0 Å². The molecule has 4 nitrogen and oxygen atoms in total. The summed E-state index contributed by atoms with van der Waals surface area (Å²) in [5.41, 5.74) is 0.974. The summed E-state index contributed by atoms with van der Waals surface area (Å²) < 4.78 is 39.0. The molecule has 164 valence electrons. The van der Waals surface area contributed by atoms with Gasteiger partial charge in [-0.2, -0.15) is 8.42 Å². The van der Waals surface area contributed by atoms with Crippen LogP contribution in [0, 0.1) is 6.92 Å². The van der Waals surface area contributed by atoms with E-state index in [9.17, 15) is 8.42 Å². The van der Waals surface area contributed by atoms with E-state index in [1.54, 1.807) is 31.4 Å². The van der Waals surface area contributed by atoms with E-state index in [1.165, 1.54) is 0 Å². The molecule has 4 aromatic carbocycles. The SMILES string of the molecule is COc1cccc(S(OS(=O)(=O)c2ccc(C)cc2)(c2ccccc2)c2ccccc2)c1. The zero-order valence-corrected chi connectivity index (χ0v) is 19.5. The minimum absolute atomic E-state index is 0.120. The van der Waals surface area contributed by atoms with E-state index in [-0.39, 0.29) is 4.90 Å². The quantitative estimate of drug-likeness (QED) is 0.309. The molecule has 0 unspecified atom stereocenters. The Morgan fingerprint density at radius 3 is 1.66 bits per heavy atom. The van der Waals surface area contributed by atoms with Gasteiger partial charge < -0.3 is 4.74 Å². The van der Waals surface area contributed by atoms with E-state index < -0.39 is 20.4 Å². The first-order chi connectivity index (χ1) is 15.5. The van der Waals surface area contributed by atoms with Gasteiger partial charge in [0.05, 0.1) is 12.0 Å². The Hall–Kier alpha value is -3.06. The molecule has 0 bridgehead atoms. The van der Waals surface area contributed by atoms with Crippen LogP contribution in [0.1, 0.15) is 5.56 Å². The Bertz CT molecular complexity index is 1250. The Kier molecular flexibility index (Phi) is 6.37. The monoisotopic (exact) mass is 464 g/mol. The highest BCUT2D eigenvalue weighted by Gasteiger charge is 2.38. The van der Waals surface area contributed by atoms with Gasteiger partial charge in [0.2, 0.25) is 0 Å². The highest BCUT2D eigenvalue weighted by Crippen LogP contribution is 2.70. The van der Waals surface area contributed by atoms with Crippen LogP contribution in [-0.4, -0.2) is 15.5 Å². The summed E-state index contributed by atoms with van der Waals surface area (Å²) in [4.78, 5) is 2.39. The first-order valence-electron chi connectivity index (χ1n) is 10.1. The number of methoxy groups -OCH3 is 1. The molecule has 0 radical (unpaired) electrons. The fourth-order valence-corrected chi connectivity index (χ4v) is 8.66. The van der Waals surface area contributed by atoms with Gasteiger partial charge in [-0.25, -0.2) is 3.63 Å². The van der Waals surface area contributed by atoms with Gasteiger partial charge in [0.1, 0.15) is 5.75 Å². The van der Waals surface area contributed by atoms with Gasteiger partial charge in [-0.05, 0) is 71.8 Å². The van der Waals surface area contributed by atoms with Gasteiger partial charge in [-0.15, -0.1) is 0 Å². The third-order valence-corrected chi connectivity index (χ3v) is 10.2. The highest BCUT2D eigenvalue weighted by atomic mass is 32.3. The molecule has 4 rings (SSSR count). The topological polar surface area (TPSA) is 52.6 Å². The Labute approximate surface area is 191 Å². The summed E-state index contributed by atoms with van der Waals surface area (Å²) >= 11 is 0. The predicted molar refractivity (Wildman–Crippen MR) is 128 cm³/mol. The minimum atomic E-state index is -4.10. The molecule has 0 saturated heterocycles. The molecule has 0 atom stereocenters. The molecule has 0 heterocycles. The van der Waals surface area contributed by atoms with Gasteiger partial charge in [0, 0.05) is 14.7 Å². The lowest BCUT2D eigenvalue weighted by molar-refractivity contribution is 0.413. The maximum Gasteiger partial charge on any atom is 0.307 e. The van der Waals surface area contributed by atoms with E-state index in [0.29, 0.717) is 5.75 Å². The van der Waals surface area contributed by atoms with Crippen molar-refractivity contribution in [1.29, 1.82) is 0 Å². The van der Waals surface area contributed by atoms with Crippen molar-refractivity contribution < 1.29 is 16.8 Å². The van der Waals surface area contributed by atoms with Crippen molar-refractivity contribution in [3.05, 3.63) is 115 Å². The third kappa shape index (κ3) is 4.30. The Morgan fingerprint density at radius 1 is 0.594 bits per heavy atom. The molecular formula is C26H24O4S2. The zero-order valence-electron chi connectivity index (χ0n) is 17.8. The number of ether oxygens (including phenoxy) is 1. The lowest BCUT2D eigenvalue weighted by Crippen LogP contribution is -2.14. The molecule has 4 aromatic rings. The number of benzene rings is 4. The fraction of sp³-hybridized carbons (Fsp3) is 0.0769. The smallest absolute Gasteiger partial charge is 0.307 e. The maximum absolute atomic E-state index is 13.6. The molecule has 6 heteroatoms. The van der Waals surface area contributed by atoms with E-state index in [1.807, 2.05) is 91.9 Å². The van der Waals surface area contributed by atoms with Crippen molar-refractivity contribution in [1.82, 2.24) is 0 Å². The first-order valence-corrected chi connectivity index (χ1v) is 13.0. The second kappa shape index (κ2) is 9.20. The molecule has 0 aliphatic rings. The molecule has 0 spiro atoms. The molecular weight excluding hydrogens is 440 g/mol. The fourth-order valence-electron chi connectivity index (χ4n) is 3.41. The standard InChI is InChI=1S/C26H24O4S2/c1-21-16-18-25(19-17-21)32(27,28)30-31(23-11-5-3-6-12-23,24-13-7-4-8-14-24)26-15-9-10-22(20-26)29-2/h3-20H,1-2H3. The van der Waals surface area contributed by atoms with E-state index >= 15 is 0 Å². The van der Waals surface area contributed by atoms with Crippen LogP contribution in [0.4, 0.5) is 0 Å². The van der Waals surface area contributed by atoms with Crippen molar-refractivity contribution in [3.8, 4) is 5.75 Å². The number of aryl methyl sites for hydroxylation is 1. The van der Waals surface area contributed by atoms with Crippen molar-refractivity contribution in [3.63, 3.8) is 0 Å². The number of hydrogen-bond donors (Lipinski definition) is 0. The molecule has 0 saturated carbocycles. The summed E-state index contributed by atoms with van der Waals surface area (Å²) in [6.45, 7) is 1.91. The summed E-state index contributed by atoms with van der Waals surface area (Å²) in [5, 5.41) is 0. The van der Waals surface area contributed by atoms with Crippen LogP contribution in [-0.2, 0) is 13.7 Å². The van der Waals surface area contributed by atoms with E-state index in [0.717, 1.165) is 20.2 Å². The average Bonchev–Trinajstić information content (AvgIpc) is 2.84. The van der Waals surface area contributed by atoms with Crippen LogP contribution in [0.2, 0.25) is 0 Å². The van der Waals surface area contributed by atoms with Crippen LogP contribution in [0.15, 0.2) is 129 Å². The van der Waals surface area contributed by atoms with Crippen LogP contribution in [0.5, 0.6) is 5.75 Å². The highest BCUT2D eigenvalue weighted by molar-refractivity contribution is 8.33. The second-order valence-electron chi connectivity index (χ2n) is 7.20. The molecule has 0 aromatic heterocycles. The normalized spacial score (nSPS) is 12.3. The molecule has 0 aliphatic carbocycles. The lowest BCUT2D eigenvalue weighted by Gasteiger charge is -2.39. The number of hydrogen-bond acceptors (Lipinski definition) is 4. The van der Waals surface area contributed by atoms with Gasteiger partial charge >= 0.3 is 10.1 Å². The largest absolute Gasteiger partial charge is 0.497 e. The van der Waals surface area contributed by atoms with Crippen LogP contribution < -0.4 is 4.74 Å². The zero-order chi connectivity index (χ0) is 22.6. The molecule has 0 N–H and O–H groups in total. The van der Waals surface area contributed by atoms with Gasteiger partial charge in [-0.3, -0.25) is 0 Å². The molecule has 32 heavy (non-hydrogen) atoms. The van der Waals surface area contributed by atoms with Gasteiger partial charge in [0.15, 0.2) is 0 Å². The van der Waals surface area contributed by atoms with Gasteiger partial charge in [-0.1, -0.05) is 60.2 Å². The second-order valence-corrected chi connectivity index (χ2v) is 11.6. The summed E-state index contributed by atoms with van der Waals surface area (Å²) in [6.07, 6.45) is 0. The lowest BCUT2D eigenvalue weighted by atomic mass is 10.2. The van der Waals surface area contributed by atoms with Crippen LogP contribution >= 0.6 is 10.3 Å². The van der Waals surface area contributed by atoms with Crippen molar-refractivity contribution in [2.45, 2.75) is 26.5 Å². The molecule has 0 fully saturated rings. The minimum Gasteiger partial charge on any atom is -0.497 e. The third-order valence-electron chi connectivity index (χ3n) is 5.02. The average molecular weight is 465 g/mol. The van der Waals surface area contributed by atoms with Crippen molar-refractivity contribution >= 4 is 20.4 Å². The Morgan fingerprint density at radius 2 is 1.12 bits per heavy atom. The summed E-state index contributed by atoms with van der Waals surface area (Å²) in [6, 6.07) is 33.1. The van der Waals surface area contributed by atoms with Crippen LogP contribution in [0.25, 0.3) is 0 Å². The Balaban J connectivity index is 2.01. The van der Waals surface area contributed by atoms with Gasteiger partial charge in [0.25, 0.3) is 0 Å². The van der Waals surface area contributed by atoms with E-state index in [4.69, 9.17) is 8.37 Å². The van der Waals surface area contributed by atoms with Crippen molar-refractivity contribution in [2.75, 3.05) is 7.11 Å². The number of rotatable bonds is 7. The maximum atomic E-state index is 13.6. The molecule has 0 aliphatic heterocycles. The van der Waals surface area contributed by atoms with Crippen LogP contribution in [0.3, 0.4) is 0 Å². The molecule has 0 amide bonds. The summed E-state index contributed by atoms with van der Waals surface area (Å²) in [7, 11) is -5.16. The predicted octanol–water partition coefficient (Wildman–Crippen LogP) is 6.61. The first kappa shape index (κ1) is 22.1. The summed E-state index contributed by atoms with van der Waals surface area (Å²) in [5.74, 6) is 0.627.